The van der Waals surface area contributed by atoms with E-state index in [1.807, 2.05) is 0 Å². The topological polar surface area (TPSA) is 66.5 Å². The molecule has 0 aliphatic rings. The van der Waals surface area contributed by atoms with E-state index in [0.29, 0.717) is 16.1 Å². The molecule has 1 N–H and O–H groups in total. The first-order valence-electron chi connectivity index (χ1n) is 7.52. The van der Waals surface area contributed by atoms with E-state index in [1.165, 1.54) is 32.3 Å². The lowest BCUT2D eigenvalue weighted by molar-refractivity contribution is -0.113. The third-order valence-electron chi connectivity index (χ3n) is 3.52. The number of hydrogen-bond acceptors (Lipinski definition) is 4. The Labute approximate surface area is 155 Å². The first-order chi connectivity index (χ1) is 12.1. The first-order valence-corrected chi connectivity index (χ1v) is 9.94. The summed E-state index contributed by atoms with van der Waals surface area (Å²) in [4.78, 5) is 12.6. The highest BCUT2D eigenvalue weighted by Gasteiger charge is 2.18. The smallest absolute Gasteiger partial charge is 0.242 e. The number of anilines is 1. The van der Waals surface area contributed by atoms with Gasteiger partial charge in [0.05, 0.1) is 10.6 Å². The molecule has 26 heavy (non-hydrogen) atoms. The zero-order chi connectivity index (χ0) is 19.5. The zero-order valence-electron chi connectivity index (χ0n) is 14.4. The third kappa shape index (κ3) is 4.80. The van der Waals surface area contributed by atoms with Crippen LogP contribution >= 0.6 is 11.8 Å². The van der Waals surface area contributed by atoms with E-state index in [1.54, 1.807) is 13.0 Å². The number of thioether (sulfide) groups is 1. The molecular formula is C17H18F2N2O3S2. The van der Waals surface area contributed by atoms with Crippen molar-refractivity contribution in [1.82, 2.24) is 4.31 Å². The number of nitrogens with one attached hydrogen (secondary N) is 1. The maximum absolute atomic E-state index is 13.2. The SMILES string of the molecule is Cc1ccc(S(=O)(=O)N(C)C)cc1NC(=O)CSc1ccc(F)c(F)c1. The quantitative estimate of drug-likeness (QED) is 0.756. The standard InChI is InChI=1S/C17H18F2N2O3S2/c1-11-4-6-13(26(23,24)21(2)3)9-16(11)20-17(22)10-25-12-5-7-14(18)15(19)8-12/h4-9H,10H2,1-3H3,(H,20,22). The molecule has 2 aromatic rings. The summed E-state index contributed by atoms with van der Waals surface area (Å²) in [5.74, 6) is -2.35. The Morgan fingerprint density at radius 3 is 2.42 bits per heavy atom. The van der Waals surface area contributed by atoms with Gasteiger partial charge in [-0.05, 0) is 42.8 Å². The number of amides is 1. The summed E-state index contributed by atoms with van der Waals surface area (Å²) in [5.41, 5.74) is 1.08. The second kappa shape index (κ2) is 8.15. The number of benzene rings is 2. The Hall–Kier alpha value is -1.97. The van der Waals surface area contributed by atoms with Gasteiger partial charge in [0.1, 0.15) is 0 Å². The number of hydrogen-bond donors (Lipinski definition) is 1. The molecule has 0 saturated heterocycles. The minimum absolute atomic E-state index is 0.0326. The van der Waals surface area contributed by atoms with Gasteiger partial charge in [-0.15, -0.1) is 11.8 Å². The number of nitrogens with zero attached hydrogens (tertiary/aromatic N) is 1. The van der Waals surface area contributed by atoms with Gasteiger partial charge in [-0.2, -0.15) is 0 Å². The molecule has 2 aromatic carbocycles. The van der Waals surface area contributed by atoms with Crippen LogP contribution in [-0.4, -0.2) is 38.5 Å². The Kier molecular flexibility index (Phi) is 6.38. The Balaban J connectivity index is 2.10. The molecule has 0 atom stereocenters. The summed E-state index contributed by atoms with van der Waals surface area (Å²) in [6.45, 7) is 1.74. The molecule has 0 aromatic heterocycles. The van der Waals surface area contributed by atoms with Gasteiger partial charge in [0.25, 0.3) is 0 Å². The van der Waals surface area contributed by atoms with Crippen LogP contribution in [0.5, 0.6) is 0 Å². The van der Waals surface area contributed by atoms with E-state index in [4.69, 9.17) is 0 Å². The largest absolute Gasteiger partial charge is 0.325 e. The summed E-state index contributed by atoms with van der Waals surface area (Å²) in [6, 6.07) is 7.86. The molecular weight excluding hydrogens is 382 g/mol. The molecule has 0 radical (unpaired) electrons. The molecule has 0 aliphatic carbocycles. The highest BCUT2D eigenvalue weighted by Crippen LogP contribution is 2.24. The van der Waals surface area contributed by atoms with E-state index in [2.05, 4.69) is 5.32 Å². The molecule has 0 saturated carbocycles. The van der Waals surface area contributed by atoms with Crippen molar-refractivity contribution >= 4 is 33.4 Å². The monoisotopic (exact) mass is 400 g/mol. The number of halogens is 2. The molecule has 9 heteroatoms. The lowest BCUT2D eigenvalue weighted by Gasteiger charge is -2.14. The highest BCUT2D eigenvalue weighted by atomic mass is 32.2. The summed E-state index contributed by atoms with van der Waals surface area (Å²) in [7, 11) is -0.771. The van der Waals surface area contributed by atoms with Crippen LogP contribution in [-0.2, 0) is 14.8 Å². The first kappa shape index (κ1) is 20.3. The van der Waals surface area contributed by atoms with Gasteiger partial charge >= 0.3 is 0 Å². The number of sulfonamides is 1. The van der Waals surface area contributed by atoms with Gasteiger partial charge in [-0.1, -0.05) is 6.07 Å². The summed E-state index contributed by atoms with van der Waals surface area (Å²) < 4.78 is 51.6. The number of carbonyl (C=O) groups excluding carboxylic acids is 1. The molecule has 0 spiro atoms. The van der Waals surface area contributed by atoms with Crippen LogP contribution in [0.15, 0.2) is 46.2 Å². The second-order valence-electron chi connectivity index (χ2n) is 5.68. The Morgan fingerprint density at radius 1 is 1.12 bits per heavy atom. The van der Waals surface area contributed by atoms with E-state index in [9.17, 15) is 22.0 Å². The fraction of sp³-hybridized carbons (Fsp3) is 0.235. The van der Waals surface area contributed by atoms with Crippen LogP contribution < -0.4 is 5.32 Å². The lowest BCUT2D eigenvalue weighted by Crippen LogP contribution is -2.22. The number of aryl methyl sites for hydroxylation is 1. The van der Waals surface area contributed by atoms with Gasteiger partial charge in [-0.25, -0.2) is 21.5 Å². The fourth-order valence-electron chi connectivity index (χ4n) is 2.01. The van der Waals surface area contributed by atoms with Crippen molar-refractivity contribution in [1.29, 1.82) is 0 Å². The Bertz CT molecular complexity index is 932. The van der Waals surface area contributed by atoms with Gasteiger partial charge in [0, 0.05) is 24.7 Å². The van der Waals surface area contributed by atoms with Crippen molar-refractivity contribution in [2.24, 2.45) is 0 Å². The molecule has 0 fully saturated rings. The average molecular weight is 400 g/mol. The van der Waals surface area contributed by atoms with Crippen LogP contribution in [0.25, 0.3) is 0 Å². The van der Waals surface area contributed by atoms with E-state index in [-0.39, 0.29) is 16.6 Å². The van der Waals surface area contributed by atoms with Crippen molar-refractivity contribution in [3.8, 4) is 0 Å². The summed E-state index contributed by atoms with van der Waals surface area (Å²) in [6.07, 6.45) is 0. The van der Waals surface area contributed by atoms with Crippen LogP contribution in [0.3, 0.4) is 0 Å². The fourth-order valence-corrected chi connectivity index (χ4v) is 3.66. The van der Waals surface area contributed by atoms with Crippen LogP contribution in [0.4, 0.5) is 14.5 Å². The molecule has 1 amide bonds. The van der Waals surface area contributed by atoms with Crippen molar-refractivity contribution in [3.05, 3.63) is 53.6 Å². The van der Waals surface area contributed by atoms with Crippen molar-refractivity contribution in [3.63, 3.8) is 0 Å². The maximum Gasteiger partial charge on any atom is 0.242 e. The number of rotatable bonds is 6. The van der Waals surface area contributed by atoms with Crippen LogP contribution in [0.2, 0.25) is 0 Å². The normalized spacial score (nSPS) is 11.6. The lowest BCUT2D eigenvalue weighted by atomic mass is 10.2. The average Bonchev–Trinajstić information content (AvgIpc) is 2.57. The molecule has 0 unspecified atom stereocenters. The van der Waals surface area contributed by atoms with Gasteiger partial charge < -0.3 is 5.32 Å². The summed E-state index contributed by atoms with van der Waals surface area (Å²) in [5, 5.41) is 2.65. The molecule has 0 bridgehead atoms. The highest BCUT2D eigenvalue weighted by molar-refractivity contribution is 8.00. The molecule has 2 rings (SSSR count). The van der Waals surface area contributed by atoms with Crippen LogP contribution in [0.1, 0.15) is 5.56 Å². The van der Waals surface area contributed by atoms with Gasteiger partial charge in [0.2, 0.25) is 15.9 Å². The Morgan fingerprint density at radius 2 is 1.81 bits per heavy atom. The van der Waals surface area contributed by atoms with E-state index >= 15 is 0 Å². The minimum Gasteiger partial charge on any atom is -0.325 e. The predicted molar refractivity (Wildman–Crippen MR) is 97.8 cm³/mol. The molecule has 0 heterocycles. The second-order valence-corrected chi connectivity index (χ2v) is 8.88. The van der Waals surface area contributed by atoms with Crippen molar-refractivity contribution < 1.29 is 22.0 Å². The minimum atomic E-state index is -3.62. The predicted octanol–water partition coefficient (Wildman–Crippen LogP) is 3.25. The van der Waals surface area contributed by atoms with Crippen molar-refractivity contribution in [2.75, 3.05) is 25.2 Å². The molecule has 140 valence electrons. The molecule has 5 nitrogen and oxygen atoms in total. The van der Waals surface area contributed by atoms with E-state index < -0.39 is 21.7 Å². The van der Waals surface area contributed by atoms with Crippen molar-refractivity contribution in [2.45, 2.75) is 16.7 Å². The third-order valence-corrected chi connectivity index (χ3v) is 6.33. The van der Waals surface area contributed by atoms with Gasteiger partial charge in [-0.3, -0.25) is 4.79 Å². The summed E-state index contributed by atoms with van der Waals surface area (Å²) >= 11 is 1.05. The van der Waals surface area contributed by atoms with Gasteiger partial charge in [0.15, 0.2) is 11.6 Å². The maximum atomic E-state index is 13.2. The van der Waals surface area contributed by atoms with Crippen LogP contribution in [0, 0.1) is 18.6 Å². The van der Waals surface area contributed by atoms with E-state index in [0.717, 1.165) is 28.2 Å². The molecule has 0 aliphatic heterocycles. The number of carbonyl (C=O) groups is 1. The zero-order valence-corrected chi connectivity index (χ0v) is 16.0.